The van der Waals surface area contributed by atoms with E-state index in [1.165, 1.54) is 25.1 Å². The summed E-state index contributed by atoms with van der Waals surface area (Å²) < 4.78 is 0. The number of nitro benzene ring substituents is 1. The van der Waals surface area contributed by atoms with Crippen molar-refractivity contribution in [2.24, 2.45) is 0 Å². The Morgan fingerprint density at radius 3 is 2.68 bits per heavy atom. The number of carboxylic acid groups (broad SMARTS) is 1. The molecular formula is C12H10N2O5. The first kappa shape index (κ1) is 14.2. The molecule has 0 radical (unpaired) electrons. The number of nitrogens with zero attached hydrogens (tertiary/aromatic N) is 1. The molecule has 0 fully saturated rings. The normalized spacial score (nSPS) is 9.11. The zero-order valence-electron chi connectivity index (χ0n) is 9.97. The standard InChI is InChI=1S/C12H10N2O5/c1-8(15)13-7-3-5-9-10(12(16)17)4-2-6-11(9)14(18)19/h2,4,6H,7H2,1H3,(H,13,15)(H,16,17). The van der Waals surface area contributed by atoms with Crippen molar-refractivity contribution in [2.45, 2.75) is 6.92 Å². The van der Waals surface area contributed by atoms with Gasteiger partial charge in [-0.2, -0.15) is 0 Å². The molecule has 0 bridgehead atoms. The molecule has 0 atom stereocenters. The number of benzene rings is 1. The Morgan fingerprint density at radius 1 is 1.47 bits per heavy atom. The fourth-order valence-corrected chi connectivity index (χ4v) is 1.30. The number of carbonyl (C=O) groups is 2. The predicted octanol–water partition coefficient (Wildman–Crippen LogP) is 0.781. The van der Waals surface area contributed by atoms with E-state index >= 15 is 0 Å². The molecule has 0 saturated heterocycles. The second-order valence-corrected chi connectivity index (χ2v) is 3.47. The van der Waals surface area contributed by atoms with Gasteiger partial charge in [-0.25, -0.2) is 4.79 Å². The summed E-state index contributed by atoms with van der Waals surface area (Å²) in [5.74, 6) is 3.29. The van der Waals surface area contributed by atoms with E-state index in [1.54, 1.807) is 0 Å². The molecule has 7 heteroatoms. The fraction of sp³-hybridized carbons (Fsp3) is 0.167. The molecule has 1 aromatic rings. The number of carbonyl (C=O) groups excluding carboxylic acids is 1. The molecule has 1 aromatic carbocycles. The summed E-state index contributed by atoms with van der Waals surface area (Å²) in [6, 6.07) is 3.69. The number of amides is 1. The van der Waals surface area contributed by atoms with Crippen LogP contribution < -0.4 is 5.32 Å². The van der Waals surface area contributed by atoms with Gasteiger partial charge < -0.3 is 10.4 Å². The van der Waals surface area contributed by atoms with Crippen LogP contribution in [0.5, 0.6) is 0 Å². The molecule has 0 aliphatic rings. The number of rotatable bonds is 3. The van der Waals surface area contributed by atoms with Crippen LogP contribution in [-0.2, 0) is 4.79 Å². The van der Waals surface area contributed by atoms with Gasteiger partial charge in [0.2, 0.25) is 5.91 Å². The SMILES string of the molecule is CC(=O)NCC#Cc1c(C(=O)O)cccc1[N+](=O)[O-]. The van der Waals surface area contributed by atoms with Crippen LogP contribution >= 0.6 is 0 Å². The zero-order valence-corrected chi connectivity index (χ0v) is 9.97. The van der Waals surface area contributed by atoms with Gasteiger partial charge in [0.15, 0.2) is 0 Å². The molecule has 1 amide bonds. The lowest BCUT2D eigenvalue weighted by Gasteiger charge is -2.00. The summed E-state index contributed by atoms with van der Waals surface area (Å²) >= 11 is 0. The zero-order chi connectivity index (χ0) is 14.4. The molecule has 19 heavy (non-hydrogen) atoms. The summed E-state index contributed by atoms with van der Waals surface area (Å²) in [5.41, 5.74) is -0.801. The molecule has 7 nitrogen and oxygen atoms in total. The van der Waals surface area contributed by atoms with Crippen LogP contribution in [0.3, 0.4) is 0 Å². The molecule has 0 aromatic heterocycles. The van der Waals surface area contributed by atoms with E-state index in [0.717, 1.165) is 0 Å². The van der Waals surface area contributed by atoms with Crippen molar-refractivity contribution < 1.29 is 19.6 Å². The molecule has 1 rings (SSSR count). The first-order chi connectivity index (χ1) is 8.93. The minimum atomic E-state index is -1.30. The third kappa shape index (κ3) is 3.81. The molecule has 98 valence electrons. The van der Waals surface area contributed by atoms with Crippen LogP contribution in [0.4, 0.5) is 5.69 Å². The Labute approximate surface area is 108 Å². The Hall–Kier alpha value is -2.88. The maximum absolute atomic E-state index is 11.0. The average Bonchev–Trinajstić information content (AvgIpc) is 2.33. The van der Waals surface area contributed by atoms with Crippen molar-refractivity contribution in [1.29, 1.82) is 0 Å². The van der Waals surface area contributed by atoms with E-state index < -0.39 is 10.9 Å². The van der Waals surface area contributed by atoms with Gasteiger partial charge in [-0.15, -0.1) is 0 Å². The largest absolute Gasteiger partial charge is 0.478 e. The molecular weight excluding hydrogens is 252 g/mol. The summed E-state index contributed by atoms with van der Waals surface area (Å²) in [7, 11) is 0. The first-order valence-corrected chi connectivity index (χ1v) is 5.17. The van der Waals surface area contributed by atoms with Crippen LogP contribution in [-0.4, -0.2) is 28.5 Å². The number of hydrogen-bond donors (Lipinski definition) is 2. The molecule has 0 saturated carbocycles. The Morgan fingerprint density at radius 2 is 2.16 bits per heavy atom. The van der Waals surface area contributed by atoms with Crippen LogP contribution in [0.15, 0.2) is 18.2 Å². The van der Waals surface area contributed by atoms with Gasteiger partial charge in [0.1, 0.15) is 5.56 Å². The van der Waals surface area contributed by atoms with Crippen molar-refractivity contribution in [3.63, 3.8) is 0 Å². The number of aromatic carboxylic acids is 1. The summed E-state index contributed by atoms with van der Waals surface area (Å²) in [4.78, 5) is 31.7. The number of carboxylic acids is 1. The van der Waals surface area contributed by atoms with E-state index in [9.17, 15) is 19.7 Å². The molecule has 0 heterocycles. The van der Waals surface area contributed by atoms with Gasteiger partial charge >= 0.3 is 5.97 Å². The van der Waals surface area contributed by atoms with Gasteiger partial charge in [0.05, 0.1) is 17.0 Å². The number of hydrogen-bond acceptors (Lipinski definition) is 4. The third-order valence-corrected chi connectivity index (χ3v) is 2.11. The minimum absolute atomic E-state index is 0.0135. The average molecular weight is 262 g/mol. The van der Waals surface area contributed by atoms with Crippen LogP contribution in [0, 0.1) is 22.0 Å². The monoisotopic (exact) mass is 262 g/mol. The smallest absolute Gasteiger partial charge is 0.337 e. The van der Waals surface area contributed by atoms with Gasteiger partial charge in [-0.1, -0.05) is 17.9 Å². The van der Waals surface area contributed by atoms with Gasteiger partial charge in [0, 0.05) is 13.0 Å². The molecule has 0 aliphatic carbocycles. The van der Waals surface area contributed by atoms with Crippen molar-refractivity contribution in [3.05, 3.63) is 39.4 Å². The van der Waals surface area contributed by atoms with Crippen LogP contribution in [0.25, 0.3) is 0 Å². The second kappa shape index (κ2) is 6.16. The highest BCUT2D eigenvalue weighted by molar-refractivity contribution is 5.92. The van der Waals surface area contributed by atoms with E-state index in [-0.39, 0.29) is 29.3 Å². The van der Waals surface area contributed by atoms with Crippen LogP contribution in [0.1, 0.15) is 22.8 Å². The third-order valence-electron chi connectivity index (χ3n) is 2.11. The maximum Gasteiger partial charge on any atom is 0.337 e. The second-order valence-electron chi connectivity index (χ2n) is 3.47. The van der Waals surface area contributed by atoms with Crippen molar-refractivity contribution in [2.75, 3.05) is 6.54 Å². The van der Waals surface area contributed by atoms with E-state index in [0.29, 0.717) is 0 Å². The highest BCUT2D eigenvalue weighted by Gasteiger charge is 2.19. The predicted molar refractivity (Wildman–Crippen MR) is 65.6 cm³/mol. The van der Waals surface area contributed by atoms with Gasteiger partial charge in [-0.05, 0) is 6.07 Å². The molecule has 0 unspecified atom stereocenters. The maximum atomic E-state index is 11.0. The molecule has 2 N–H and O–H groups in total. The Balaban J connectivity index is 3.18. The number of nitrogens with one attached hydrogen (secondary N) is 1. The van der Waals surface area contributed by atoms with Crippen molar-refractivity contribution in [3.8, 4) is 11.8 Å². The van der Waals surface area contributed by atoms with Crippen molar-refractivity contribution in [1.82, 2.24) is 5.32 Å². The van der Waals surface area contributed by atoms with Gasteiger partial charge in [0.25, 0.3) is 5.69 Å². The summed E-state index contributed by atoms with van der Waals surface area (Å²) in [6.07, 6.45) is 0. The highest BCUT2D eigenvalue weighted by Crippen LogP contribution is 2.21. The summed E-state index contributed by atoms with van der Waals surface area (Å²) in [5, 5.41) is 22.2. The lowest BCUT2D eigenvalue weighted by atomic mass is 10.1. The lowest BCUT2D eigenvalue weighted by molar-refractivity contribution is -0.385. The molecule has 0 spiro atoms. The van der Waals surface area contributed by atoms with E-state index in [2.05, 4.69) is 17.2 Å². The van der Waals surface area contributed by atoms with Gasteiger partial charge in [-0.3, -0.25) is 14.9 Å². The lowest BCUT2D eigenvalue weighted by Crippen LogP contribution is -2.19. The van der Waals surface area contributed by atoms with Crippen molar-refractivity contribution >= 4 is 17.6 Å². The minimum Gasteiger partial charge on any atom is -0.478 e. The Kier molecular flexibility index (Phi) is 4.60. The Bertz CT molecular complexity index is 566. The highest BCUT2D eigenvalue weighted by atomic mass is 16.6. The number of nitro groups is 1. The topological polar surface area (TPSA) is 110 Å². The fourth-order valence-electron chi connectivity index (χ4n) is 1.30. The first-order valence-electron chi connectivity index (χ1n) is 5.17. The van der Waals surface area contributed by atoms with Crippen LogP contribution in [0.2, 0.25) is 0 Å². The quantitative estimate of drug-likeness (QED) is 0.475. The van der Waals surface area contributed by atoms with E-state index in [1.807, 2.05) is 0 Å². The molecule has 0 aliphatic heterocycles. The summed E-state index contributed by atoms with van der Waals surface area (Å²) in [6.45, 7) is 1.29. The van der Waals surface area contributed by atoms with E-state index in [4.69, 9.17) is 5.11 Å².